The zero-order valence-electron chi connectivity index (χ0n) is 18.6. The molecule has 9 heteroatoms. The Morgan fingerprint density at radius 2 is 1.41 bits per heavy atom. The fourth-order valence-corrected chi connectivity index (χ4v) is 3.87. The summed E-state index contributed by atoms with van der Waals surface area (Å²) in [7, 11) is -4.32. The van der Waals surface area contributed by atoms with Crippen LogP contribution in [0.25, 0.3) is 10.8 Å². The van der Waals surface area contributed by atoms with Gasteiger partial charge in [0.25, 0.3) is 10.1 Å². The lowest BCUT2D eigenvalue weighted by molar-refractivity contribution is 0.341. The normalized spacial score (nSPS) is 12.1. The molecule has 0 aliphatic carbocycles. The maximum absolute atomic E-state index is 11.4. The van der Waals surface area contributed by atoms with Crippen LogP contribution in [0.5, 0.6) is 5.75 Å². The standard InChI is InChI=1S/C25H22N4O4S/c1-3-33-25-14-11-17(2)15-24(25)29-28-23-13-12-22(20-9-4-5-10-21(20)23)27-26-18-7-6-8-19(16-18)34(30,31)32/h4-16H,3H2,1-2H3,(H,30,31,32). The average Bonchev–Trinajstić information content (AvgIpc) is 2.83. The van der Waals surface area contributed by atoms with Crippen LogP contribution in [0.2, 0.25) is 0 Å². The van der Waals surface area contributed by atoms with E-state index in [-0.39, 0.29) is 4.90 Å². The Hall–Kier alpha value is -3.95. The number of fused-ring (bicyclic) bond motifs is 1. The van der Waals surface area contributed by atoms with Gasteiger partial charge in [-0.25, -0.2) is 0 Å². The molecule has 0 radical (unpaired) electrons. The zero-order valence-corrected chi connectivity index (χ0v) is 19.4. The molecule has 0 fully saturated rings. The molecule has 0 saturated carbocycles. The minimum Gasteiger partial charge on any atom is -0.492 e. The van der Waals surface area contributed by atoms with E-state index in [1.807, 2.05) is 56.3 Å². The molecule has 8 nitrogen and oxygen atoms in total. The first-order valence-electron chi connectivity index (χ1n) is 10.5. The van der Waals surface area contributed by atoms with Crippen molar-refractivity contribution in [2.24, 2.45) is 20.5 Å². The lowest BCUT2D eigenvalue weighted by Gasteiger charge is -2.07. The third-order valence-corrected chi connectivity index (χ3v) is 5.80. The Balaban J connectivity index is 1.70. The van der Waals surface area contributed by atoms with Crippen LogP contribution >= 0.6 is 0 Å². The van der Waals surface area contributed by atoms with E-state index in [1.165, 1.54) is 18.2 Å². The Labute approximate surface area is 197 Å². The summed E-state index contributed by atoms with van der Waals surface area (Å²) in [5, 5.41) is 19.0. The van der Waals surface area contributed by atoms with Crippen molar-refractivity contribution < 1.29 is 17.7 Å². The van der Waals surface area contributed by atoms with Crippen LogP contribution in [0.15, 0.2) is 104 Å². The molecule has 0 atom stereocenters. The Morgan fingerprint density at radius 3 is 2.06 bits per heavy atom. The van der Waals surface area contributed by atoms with Crippen LogP contribution in [0.1, 0.15) is 12.5 Å². The molecule has 4 aromatic rings. The molecule has 172 valence electrons. The van der Waals surface area contributed by atoms with Crippen molar-refractivity contribution in [2.45, 2.75) is 18.7 Å². The Bertz CT molecular complexity index is 1510. The van der Waals surface area contributed by atoms with Gasteiger partial charge in [-0.05, 0) is 61.9 Å². The summed E-state index contributed by atoms with van der Waals surface area (Å²) in [4.78, 5) is -0.243. The van der Waals surface area contributed by atoms with E-state index < -0.39 is 10.1 Å². The first-order valence-corrected chi connectivity index (χ1v) is 12.0. The number of nitrogens with zero attached hydrogens (tertiary/aromatic N) is 4. The molecule has 0 aromatic heterocycles. The van der Waals surface area contributed by atoms with E-state index in [0.29, 0.717) is 35.1 Å². The molecule has 1 N–H and O–H groups in total. The van der Waals surface area contributed by atoms with Gasteiger partial charge < -0.3 is 4.74 Å². The number of ether oxygens (including phenoxy) is 1. The minimum atomic E-state index is -4.32. The van der Waals surface area contributed by atoms with Crippen molar-refractivity contribution in [3.05, 3.63) is 84.4 Å². The molecule has 0 saturated heterocycles. The fraction of sp³-hybridized carbons (Fsp3) is 0.120. The van der Waals surface area contributed by atoms with Crippen LogP contribution < -0.4 is 4.74 Å². The number of hydrogen-bond donors (Lipinski definition) is 1. The molecular formula is C25H22N4O4S. The molecule has 4 aromatic carbocycles. The van der Waals surface area contributed by atoms with Crippen LogP contribution in [0.3, 0.4) is 0 Å². The van der Waals surface area contributed by atoms with Gasteiger partial charge in [-0.3, -0.25) is 4.55 Å². The maximum Gasteiger partial charge on any atom is 0.294 e. The average molecular weight is 475 g/mol. The molecule has 0 amide bonds. The van der Waals surface area contributed by atoms with Gasteiger partial charge in [0.15, 0.2) is 0 Å². The Kier molecular flexibility index (Phi) is 6.76. The van der Waals surface area contributed by atoms with Crippen LogP contribution in [-0.2, 0) is 10.1 Å². The fourth-order valence-electron chi connectivity index (χ4n) is 3.35. The highest BCUT2D eigenvalue weighted by molar-refractivity contribution is 7.85. The van der Waals surface area contributed by atoms with E-state index in [2.05, 4.69) is 20.5 Å². The zero-order chi connectivity index (χ0) is 24.1. The first-order chi connectivity index (χ1) is 16.3. The van der Waals surface area contributed by atoms with Crippen molar-refractivity contribution >= 4 is 43.6 Å². The number of hydrogen-bond acceptors (Lipinski definition) is 7. The molecule has 0 aliphatic rings. The second-order valence-corrected chi connectivity index (χ2v) is 8.85. The monoisotopic (exact) mass is 474 g/mol. The highest BCUT2D eigenvalue weighted by Crippen LogP contribution is 2.36. The van der Waals surface area contributed by atoms with Crippen molar-refractivity contribution in [1.82, 2.24) is 0 Å². The van der Waals surface area contributed by atoms with Gasteiger partial charge in [-0.1, -0.05) is 36.4 Å². The van der Waals surface area contributed by atoms with Crippen LogP contribution in [-0.4, -0.2) is 19.6 Å². The third kappa shape index (κ3) is 5.33. The highest BCUT2D eigenvalue weighted by atomic mass is 32.2. The summed E-state index contributed by atoms with van der Waals surface area (Å²) in [6, 6.07) is 22.5. The topological polar surface area (TPSA) is 113 Å². The summed E-state index contributed by atoms with van der Waals surface area (Å²) < 4.78 is 37.6. The first kappa shape index (κ1) is 23.2. The van der Waals surface area contributed by atoms with Gasteiger partial charge in [-0.2, -0.15) is 13.5 Å². The lowest BCUT2D eigenvalue weighted by atomic mass is 10.1. The van der Waals surface area contributed by atoms with E-state index >= 15 is 0 Å². The number of aryl methyl sites for hydroxylation is 1. The lowest BCUT2D eigenvalue weighted by Crippen LogP contribution is -1.96. The number of benzene rings is 4. The summed E-state index contributed by atoms with van der Waals surface area (Å²) in [5.74, 6) is 0.665. The predicted molar refractivity (Wildman–Crippen MR) is 131 cm³/mol. The van der Waals surface area contributed by atoms with E-state index in [4.69, 9.17) is 4.74 Å². The molecule has 0 heterocycles. The van der Waals surface area contributed by atoms with Gasteiger partial charge in [-0.15, -0.1) is 15.3 Å². The van der Waals surface area contributed by atoms with Crippen molar-refractivity contribution in [3.8, 4) is 5.75 Å². The van der Waals surface area contributed by atoms with E-state index in [0.717, 1.165) is 16.3 Å². The van der Waals surface area contributed by atoms with Gasteiger partial charge in [0.2, 0.25) is 0 Å². The predicted octanol–water partition coefficient (Wildman–Crippen LogP) is 7.62. The number of azo groups is 2. The smallest absolute Gasteiger partial charge is 0.294 e. The minimum absolute atomic E-state index is 0.243. The molecule has 4 rings (SSSR count). The second-order valence-electron chi connectivity index (χ2n) is 7.43. The molecule has 34 heavy (non-hydrogen) atoms. The Morgan fingerprint density at radius 1 is 0.765 bits per heavy atom. The van der Waals surface area contributed by atoms with Crippen molar-refractivity contribution in [3.63, 3.8) is 0 Å². The quantitative estimate of drug-likeness (QED) is 0.219. The van der Waals surface area contributed by atoms with Crippen LogP contribution in [0.4, 0.5) is 22.7 Å². The SMILES string of the molecule is CCOc1ccc(C)cc1N=Nc1ccc(N=Nc2cccc(S(=O)(=O)O)c2)c2ccccc12. The summed E-state index contributed by atoms with van der Waals surface area (Å²) in [5.41, 5.74) is 3.24. The van der Waals surface area contributed by atoms with Crippen molar-refractivity contribution in [1.29, 1.82) is 0 Å². The van der Waals surface area contributed by atoms with Gasteiger partial charge >= 0.3 is 0 Å². The van der Waals surface area contributed by atoms with Crippen molar-refractivity contribution in [2.75, 3.05) is 6.61 Å². The van der Waals surface area contributed by atoms with Gasteiger partial charge in [0.05, 0.1) is 28.6 Å². The highest BCUT2D eigenvalue weighted by Gasteiger charge is 2.10. The van der Waals surface area contributed by atoms with Crippen LogP contribution in [0, 0.1) is 6.92 Å². The van der Waals surface area contributed by atoms with E-state index in [9.17, 15) is 13.0 Å². The molecule has 0 aliphatic heterocycles. The van der Waals surface area contributed by atoms with Gasteiger partial charge in [0.1, 0.15) is 11.4 Å². The largest absolute Gasteiger partial charge is 0.492 e. The maximum atomic E-state index is 11.4. The summed E-state index contributed by atoms with van der Waals surface area (Å²) in [6.07, 6.45) is 0. The number of rotatable bonds is 7. The molecular weight excluding hydrogens is 452 g/mol. The second kappa shape index (κ2) is 9.90. The summed E-state index contributed by atoms with van der Waals surface area (Å²) >= 11 is 0. The third-order valence-electron chi connectivity index (χ3n) is 4.95. The van der Waals surface area contributed by atoms with Gasteiger partial charge in [0, 0.05) is 10.8 Å². The molecule has 0 bridgehead atoms. The van der Waals surface area contributed by atoms with E-state index in [1.54, 1.807) is 18.2 Å². The molecule has 0 spiro atoms. The summed E-state index contributed by atoms with van der Waals surface area (Å²) in [6.45, 7) is 4.43. The molecule has 0 unspecified atom stereocenters.